The molecule has 3 rings (SSSR count). The fourth-order valence-corrected chi connectivity index (χ4v) is 3.48. The van der Waals surface area contributed by atoms with Crippen molar-refractivity contribution in [3.8, 4) is 0 Å². The van der Waals surface area contributed by atoms with Crippen molar-refractivity contribution in [2.45, 2.75) is 6.10 Å². The highest BCUT2D eigenvalue weighted by molar-refractivity contribution is 9.10. The lowest BCUT2D eigenvalue weighted by molar-refractivity contribution is 0.219. The Balaban J connectivity index is 2.07. The van der Waals surface area contributed by atoms with E-state index in [0.717, 1.165) is 4.70 Å². The Morgan fingerprint density at radius 3 is 2.65 bits per heavy atom. The maximum Gasteiger partial charge on any atom is 0.129 e. The van der Waals surface area contributed by atoms with Crippen molar-refractivity contribution in [3.05, 3.63) is 69.0 Å². The van der Waals surface area contributed by atoms with E-state index in [4.69, 9.17) is 0 Å². The van der Waals surface area contributed by atoms with E-state index in [-0.39, 0.29) is 11.4 Å². The highest BCUT2D eigenvalue weighted by atomic mass is 79.9. The monoisotopic (exact) mass is 354 g/mol. The third kappa shape index (κ3) is 2.49. The summed E-state index contributed by atoms with van der Waals surface area (Å²) in [7, 11) is 0. The maximum atomic E-state index is 13.8. The van der Waals surface area contributed by atoms with Gasteiger partial charge in [-0.05, 0) is 47.9 Å². The zero-order valence-corrected chi connectivity index (χ0v) is 12.5. The number of benzene rings is 2. The van der Waals surface area contributed by atoms with Gasteiger partial charge in [-0.25, -0.2) is 8.78 Å². The molecule has 0 saturated carbocycles. The summed E-state index contributed by atoms with van der Waals surface area (Å²) in [5, 5.41) is 11.0. The first kappa shape index (κ1) is 13.7. The van der Waals surface area contributed by atoms with E-state index >= 15 is 0 Å². The van der Waals surface area contributed by atoms with Crippen LogP contribution in [0.25, 0.3) is 10.1 Å². The van der Waals surface area contributed by atoms with Gasteiger partial charge in [-0.15, -0.1) is 11.3 Å². The van der Waals surface area contributed by atoms with E-state index in [1.165, 1.54) is 29.5 Å². The van der Waals surface area contributed by atoms with Crippen molar-refractivity contribution in [2.24, 2.45) is 0 Å². The molecule has 0 amide bonds. The molecule has 5 heteroatoms. The van der Waals surface area contributed by atoms with Crippen LogP contribution in [-0.4, -0.2) is 5.11 Å². The van der Waals surface area contributed by atoms with Crippen LogP contribution in [0, 0.1) is 11.6 Å². The topological polar surface area (TPSA) is 20.2 Å². The van der Waals surface area contributed by atoms with Crippen molar-refractivity contribution in [1.82, 2.24) is 0 Å². The fourth-order valence-electron chi connectivity index (χ4n) is 2.05. The third-order valence-corrected chi connectivity index (χ3v) is 4.68. The predicted octanol–water partition coefficient (Wildman–Crippen LogP) is 5.02. The van der Waals surface area contributed by atoms with E-state index in [2.05, 4.69) is 15.9 Å². The smallest absolute Gasteiger partial charge is 0.129 e. The minimum absolute atomic E-state index is 0.200. The molecule has 0 aliphatic rings. The van der Waals surface area contributed by atoms with Gasteiger partial charge in [0.1, 0.15) is 17.7 Å². The van der Waals surface area contributed by atoms with Crippen molar-refractivity contribution in [3.63, 3.8) is 0 Å². The Morgan fingerprint density at radius 1 is 1.05 bits per heavy atom. The van der Waals surface area contributed by atoms with E-state index in [1.54, 1.807) is 24.3 Å². The molecule has 1 N–H and O–H groups in total. The molecule has 0 fully saturated rings. The number of aliphatic hydroxyl groups is 1. The van der Waals surface area contributed by atoms with Crippen molar-refractivity contribution in [2.75, 3.05) is 0 Å². The zero-order valence-electron chi connectivity index (χ0n) is 10.1. The summed E-state index contributed by atoms with van der Waals surface area (Å²) in [6.45, 7) is 0. The summed E-state index contributed by atoms with van der Waals surface area (Å²) in [6, 6.07) is 10.5. The van der Waals surface area contributed by atoms with Gasteiger partial charge >= 0.3 is 0 Å². The van der Waals surface area contributed by atoms with Gasteiger partial charge in [0.2, 0.25) is 0 Å². The van der Waals surface area contributed by atoms with E-state index < -0.39 is 11.9 Å². The molecule has 0 saturated heterocycles. The molecule has 0 spiro atoms. The second kappa shape index (κ2) is 5.24. The van der Waals surface area contributed by atoms with Gasteiger partial charge < -0.3 is 5.11 Å². The van der Waals surface area contributed by atoms with Crippen molar-refractivity contribution in [1.29, 1.82) is 0 Å². The predicted molar refractivity (Wildman–Crippen MR) is 79.9 cm³/mol. The number of aliphatic hydroxyl groups excluding tert-OH is 1. The number of fused-ring (bicyclic) bond motifs is 1. The van der Waals surface area contributed by atoms with Crippen LogP contribution in [0.15, 0.2) is 46.9 Å². The van der Waals surface area contributed by atoms with E-state index in [1.807, 2.05) is 0 Å². The first-order chi connectivity index (χ1) is 9.54. The molecular weight excluding hydrogens is 346 g/mol. The quantitative estimate of drug-likeness (QED) is 0.684. The number of halogens is 3. The Bertz CT molecular complexity index is 785. The van der Waals surface area contributed by atoms with Gasteiger partial charge in [-0.1, -0.05) is 15.9 Å². The molecule has 1 unspecified atom stereocenters. The molecule has 102 valence electrons. The van der Waals surface area contributed by atoms with Crippen LogP contribution in [0.4, 0.5) is 8.78 Å². The highest BCUT2D eigenvalue weighted by Crippen LogP contribution is 2.35. The first-order valence-corrected chi connectivity index (χ1v) is 7.47. The van der Waals surface area contributed by atoms with Crippen LogP contribution < -0.4 is 0 Å². The molecular formula is C15H9BrF2OS. The zero-order chi connectivity index (χ0) is 14.3. The standard InChI is InChI=1S/C15H9BrF2OS/c16-9-1-3-12(18)11(7-9)15(19)14-6-8-5-10(17)2-4-13(8)20-14/h1-7,15,19H. The Hall–Kier alpha value is -1.30. The molecule has 0 bridgehead atoms. The van der Waals surface area contributed by atoms with Crippen LogP contribution in [-0.2, 0) is 0 Å². The fraction of sp³-hybridized carbons (Fsp3) is 0.0667. The molecule has 3 aromatic rings. The van der Waals surface area contributed by atoms with E-state index in [9.17, 15) is 13.9 Å². The molecule has 0 radical (unpaired) electrons. The Labute approximate surface area is 126 Å². The maximum absolute atomic E-state index is 13.8. The van der Waals surface area contributed by atoms with Crippen LogP contribution in [0.3, 0.4) is 0 Å². The van der Waals surface area contributed by atoms with Crippen LogP contribution in [0.1, 0.15) is 16.5 Å². The summed E-state index contributed by atoms with van der Waals surface area (Å²) >= 11 is 4.58. The van der Waals surface area contributed by atoms with Gasteiger partial charge in [0.15, 0.2) is 0 Å². The Morgan fingerprint density at radius 2 is 1.85 bits per heavy atom. The van der Waals surface area contributed by atoms with Gasteiger partial charge in [-0.3, -0.25) is 0 Å². The molecule has 0 aliphatic carbocycles. The normalized spacial score (nSPS) is 12.8. The average Bonchev–Trinajstić information content (AvgIpc) is 2.83. The van der Waals surface area contributed by atoms with Crippen molar-refractivity contribution >= 4 is 37.4 Å². The molecule has 2 aromatic carbocycles. The van der Waals surface area contributed by atoms with Crippen LogP contribution in [0.5, 0.6) is 0 Å². The van der Waals surface area contributed by atoms with E-state index in [0.29, 0.717) is 14.7 Å². The number of rotatable bonds is 2. The largest absolute Gasteiger partial charge is 0.383 e. The summed E-state index contributed by atoms with van der Waals surface area (Å²) in [5.41, 5.74) is 0.200. The molecule has 1 heterocycles. The molecule has 20 heavy (non-hydrogen) atoms. The molecule has 1 atom stereocenters. The lowest BCUT2D eigenvalue weighted by Gasteiger charge is -2.10. The summed E-state index contributed by atoms with van der Waals surface area (Å²) in [6.07, 6.45) is -1.06. The van der Waals surface area contributed by atoms with Gasteiger partial charge in [0.25, 0.3) is 0 Å². The Kier molecular flexibility index (Phi) is 3.58. The molecule has 1 nitrogen and oxygen atoms in total. The highest BCUT2D eigenvalue weighted by Gasteiger charge is 2.18. The van der Waals surface area contributed by atoms with Gasteiger partial charge in [-0.2, -0.15) is 0 Å². The minimum Gasteiger partial charge on any atom is -0.383 e. The van der Waals surface area contributed by atoms with Crippen molar-refractivity contribution < 1.29 is 13.9 Å². The summed E-state index contributed by atoms with van der Waals surface area (Å²) in [5.74, 6) is -0.797. The second-order valence-electron chi connectivity index (χ2n) is 4.40. The van der Waals surface area contributed by atoms with Crippen LogP contribution >= 0.6 is 27.3 Å². The average molecular weight is 355 g/mol. The summed E-state index contributed by atoms with van der Waals surface area (Å²) in [4.78, 5) is 0.586. The molecule has 0 aliphatic heterocycles. The molecule has 1 aromatic heterocycles. The number of hydrogen-bond acceptors (Lipinski definition) is 2. The van der Waals surface area contributed by atoms with Gasteiger partial charge in [0.05, 0.1) is 0 Å². The third-order valence-electron chi connectivity index (χ3n) is 3.02. The first-order valence-electron chi connectivity index (χ1n) is 5.86. The minimum atomic E-state index is -1.06. The lowest BCUT2D eigenvalue weighted by Crippen LogP contribution is -2.00. The second-order valence-corrected chi connectivity index (χ2v) is 6.43. The lowest BCUT2D eigenvalue weighted by atomic mass is 10.1. The number of thiophene rings is 1. The van der Waals surface area contributed by atoms with Crippen LogP contribution in [0.2, 0.25) is 0 Å². The SMILES string of the molecule is OC(c1cc2cc(F)ccc2s1)c1cc(Br)ccc1F. The van der Waals surface area contributed by atoms with Gasteiger partial charge in [0, 0.05) is 19.6 Å². The summed E-state index contributed by atoms with van der Waals surface area (Å²) < 4.78 is 28.5. The number of hydrogen-bond donors (Lipinski definition) is 1.